The summed E-state index contributed by atoms with van der Waals surface area (Å²) in [6, 6.07) is 11.0. The Kier molecular flexibility index (Phi) is 4.06. The molecule has 1 amide bonds. The molecule has 5 heteroatoms. The van der Waals surface area contributed by atoms with Gasteiger partial charge in [0.15, 0.2) is 0 Å². The van der Waals surface area contributed by atoms with Crippen LogP contribution in [0.4, 0.5) is 10.5 Å². The van der Waals surface area contributed by atoms with Crippen LogP contribution in [0.5, 0.6) is 0 Å². The fourth-order valence-electron chi connectivity index (χ4n) is 4.40. The quantitative estimate of drug-likeness (QED) is 0.891. The largest absolute Gasteiger partial charge is 0.465 e. The summed E-state index contributed by atoms with van der Waals surface area (Å²) in [5.74, 6) is 0. The summed E-state index contributed by atoms with van der Waals surface area (Å²) in [6.07, 6.45) is 3.40. The number of carbonyl (C=O) groups is 1. The van der Waals surface area contributed by atoms with Crippen molar-refractivity contribution in [2.75, 3.05) is 11.9 Å². The normalized spacial score (nSPS) is 26.5. The number of amides is 1. The molecule has 24 heavy (non-hydrogen) atoms. The molecular weight excluding hydrogens is 320 g/mol. The van der Waals surface area contributed by atoms with E-state index in [9.17, 15) is 9.90 Å². The van der Waals surface area contributed by atoms with E-state index in [0.29, 0.717) is 12.1 Å². The fraction of sp³-hybridized carbons (Fsp3) is 0.421. The minimum atomic E-state index is -0.841. The van der Waals surface area contributed by atoms with Crippen molar-refractivity contribution in [3.8, 4) is 11.1 Å². The van der Waals surface area contributed by atoms with Gasteiger partial charge in [0.05, 0.1) is 5.69 Å². The maximum absolute atomic E-state index is 12.2. The third-order valence-electron chi connectivity index (χ3n) is 5.64. The van der Waals surface area contributed by atoms with Gasteiger partial charge in [0, 0.05) is 23.7 Å². The molecule has 1 aromatic heterocycles. The van der Waals surface area contributed by atoms with Gasteiger partial charge in [-0.15, -0.1) is 0 Å². The van der Waals surface area contributed by atoms with Gasteiger partial charge in [-0.25, -0.2) is 4.79 Å². The van der Waals surface area contributed by atoms with E-state index in [-0.39, 0.29) is 6.04 Å². The molecule has 1 N–H and O–H groups in total. The zero-order chi connectivity index (χ0) is 16.7. The Bertz CT molecular complexity index is 717. The van der Waals surface area contributed by atoms with Crippen molar-refractivity contribution in [3.63, 3.8) is 0 Å². The Morgan fingerprint density at radius 2 is 1.92 bits per heavy atom. The van der Waals surface area contributed by atoms with Crippen LogP contribution in [0, 0.1) is 0 Å². The van der Waals surface area contributed by atoms with Crippen molar-refractivity contribution in [2.24, 2.45) is 0 Å². The van der Waals surface area contributed by atoms with Gasteiger partial charge in [-0.3, -0.25) is 4.90 Å². The first-order valence-corrected chi connectivity index (χ1v) is 9.45. The number of hydrogen-bond acceptors (Lipinski definition) is 3. The first-order chi connectivity index (χ1) is 11.6. The van der Waals surface area contributed by atoms with Crippen LogP contribution in [0.25, 0.3) is 11.1 Å². The maximum atomic E-state index is 12.2. The number of hydrogen-bond donors (Lipinski definition) is 1. The lowest BCUT2D eigenvalue weighted by molar-refractivity contribution is 0.151. The third-order valence-corrected chi connectivity index (χ3v) is 6.32. The van der Waals surface area contributed by atoms with E-state index in [1.807, 2.05) is 29.6 Å². The van der Waals surface area contributed by atoms with Gasteiger partial charge in [-0.2, -0.15) is 11.3 Å². The van der Waals surface area contributed by atoms with E-state index in [1.165, 1.54) is 12.8 Å². The number of benzene rings is 1. The molecule has 2 aromatic rings. The predicted molar refractivity (Wildman–Crippen MR) is 97.9 cm³/mol. The van der Waals surface area contributed by atoms with Gasteiger partial charge < -0.3 is 10.0 Å². The number of anilines is 1. The van der Waals surface area contributed by atoms with Crippen LogP contribution >= 0.6 is 11.3 Å². The van der Waals surface area contributed by atoms with Crippen molar-refractivity contribution in [1.82, 2.24) is 4.90 Å². The van der Waals surface area contributed by atoms with Crippen molar-refractivity contribution in [2.45, 2.75) is 43.8 Å². The molecule has 0 saturated carbocycles. The highest BCUT2D eigenvalue weighted by Gasteiger charge is 2.42. The number of carboxylic acid groups (broad SMARTS) is 1. The van der Waals surface area contributed by atoms with Crippen LogP contribution < -0.4 is 4.90 Å². The van der Waals surface area contributed by atoms with Crippen LogP contribution in [-0.4, -0.2) is 41.3 Å². The van der Waals surface area contributed by atoms with Gasteiger partial charge in [0.2, 0.25) is 0 Å². The van der Waals surface area contributed by atoms with Gasteiger partial charge in [-0.1, -0.05) is 18.2 Å². The summed E-state index contributed by atoms with van der Waals surface area (Å²) in [4.78, 5) is 16.2. The van der Waals surface area contributed by atoms with E-state index >= 15 is 0 Å². The molecule has 4 rings (SSSR count). The van der Waals surface area contributed by atoms with E-state index < -0.39 is 6.09 Å². The predicted octanol–water partition coefficient (Wildman–Crippen LogP) is 4.52. The van der Waals surface area contributed by atoms with Gasteiger partial charge in [-0.05, 0) is 61.2 Å². The number of piperidine rings is 1. The van der Waals surface area contributed by atoms with Crippen molar-refractivity contribution < 1.29 is 9.90 Å². The lowest BCUT2D eigenvalue weighted by Gasteiger charge is -2.41. The lowest BCUT2D eigenvalue weighted by atomic mass is 9.95. The number of thiophene rings is 1. The molecule has 2 bridgehead atoms. The molecule has 2 aliphatic rings. The van der Waals surface area contributed by atoms with Gasteiger partial charge in [0.25, 0.3) is 0 Å². The first-order valence-electron chi connectivity index (χ1n) is 8.51. The van der Waals surface area contributed by atoms with E-state index in [2.05, 4.69) is 23.4 Å². The van der Waals surface area contributed by atoms with Gasteiger partial charge in [0.1, 0.15) is 0 Å². The average Bonchev–Trinajstić information content (AvgIpc) is 3.15. The summed E-state index contributed by atoms with van der Waals surface area (Å²) < 4.78 is 0. The summed E-state index contributed by atoms with van der Waals surface area (Å²) in [5, 5.41) is 14.1. The average molecular weight is 342 g/mol. The topological polar surface area (TPSA) is 43.8 Å². The lowest BCUT2D eigenvalue weighted by Crippen LogP contribution is -2.50. The zero-order valence-electron chi connectivity index (χ0n) is 13.8. The monoisotopic (exact) mass is 342 g/mol. The van der Waals surface area contributed by atoms with Crippen LogP contribution in [0.2, 0.25) is 0 Å². The van der Waals surface area contributed by atoms with Crippen LogP contribution in [0.1, 0.15) is 25.7 Å². The molecule has 3 heterocycles. The molecule has 126 valence electrons. The number of fused-ring (bicyclic) bond motifs is 2. The number of nitrogens with zero attached hydrogens (tertiary/aromatic N) is 2. The Morgan fingerprint density at radius 3 is 2.54 bits per heavy atom. The molecule has 1 aromatic carbocycles. The second-order valence-corrected chi connectivity index (χ2v) is 7.64. The highest BCUT2D eigenvalue weighted by molar-refractivity contribution is 7.08. The smallest absolute Gasteiger partial charge is 0.412 e. The standard InChI is InChI=1S/C19H22N2O2S/c1-20-14-6-7-15(20)11-16(10-14)21(19(22)23)18-5-3-2-4-17(18)13-8-9-24-12-13/h2-5,8-9,12,14-16H,6-7,10-11H2,1H3,(H,22,23)/t14-,15+,16?. The highest BCUT2D eigenvalue weighted by Crippen LogP contribution is 2.40. The van der Waals surface area contributed by atoms with Crippen molar-refractivity contribution in [3.05, 3.63) is 41.1 Å². The van der Waals surface area contributed by atoms with Crippen LogP contribution in [0.15, 0.2) is 41.1 Å². The first kappa shape index (κ1) is 15.7. The number of para-hydroxylation sites is 1. The Labute approximate surface area is 146 Å². The highest BCUT2D eigenvalue weighted by atomic mass is 32.1. The summed E-state index contributed by atoms with van der Waals surface area (Å²) >= 11 is 1.64. The Hall–Kier alpha value is -1.85. The van der Waals surface area contributed by atoms with Crippen LogP contribution in [0.3, 0.4) is 0 Å². The van der Waals surface area contributed by atoms with Crippen LogP contribution in [-0.2, 0) is 0 Å². The molecule has 2 saturated heterocycles. The summed E-state index contributed by atoms with van der Waals surface area (Å²) in [6.45, 7) is 0. The zero-order valence-corrected chi connectivity index (χ0v) is 14.6. The minimum absolute atomic E-state index is 0.0657. The van der Waals surface area contributed by atoms with Crippen molar-refractivity contribution >= 4 is 23.1 Å². The van der Waals surface area contributed by atoms with Gasteiger partial charge >= 0.3 is 6.09 Å². The summed E-state index contributed by atoms with van der Waals surface area (Å²) in [5.41, 5.74) is 2.92. The molecule has 1 unspecified atom stereocenters. The molecule has 2 aliphatic heterocycles. The second-order valence-electron chi connectivity index (χ2n) is 6.86. The molecular formula is C19H22N2O2S. The molecule has 0 spiro atoms. The fourth-order valence-corrected chi connectivity index (χ4v) is 5.05. The molecule has 0 aliphatic carbocycles. The second kappa shape index (κ2) is 6.22. The molecule has 3 atom stereocenters. The van der Waals surface area contributed by atoms with E-state index in [0.717, 1.165) is 29.7 Å². The van der Waals surface area contributed by atoms with E-state index in [4.69, 9.17) is 0 Å². The Morgan fingerprint density at radius 1 is 1.21 bits per heavy atom. The maximum Gasteiger partial charge on any atom is 0.412 e. The van der Waals surface area contributed by atoms with E-state index in [1.54, 1.807) is 16.2 Å². The third kappa shape index (κ3) is 2.62. The molecule has 2 fully saturated rings. The molecule has 0 radical (unpaired) electrons. The Balaban J connectivity index is 1.72. The summed E-state index contributed by atoms with van der Waals surface area (Å²) in [7, 11) is 2.18. The molecule has 4 nitrogen and oxygen atoms in total. The number of rotatable bonds is 3. The SMILES string of the molecule is CN1[C@@H]2CC[C@H]1CC(N(C(=O)O)c1ccccc1-c1ccsc1)C2. The minimum Gasteiger partial charge on any atom is -0.465 e. The van der Waals surface area contributed by atoms with Crippen molar-refractivity contribution in [1.29, 1.82) is 0 Å².